The Hall–Kier alpha value is -2.81. The standard InChI is InChI=1S/C23H27N4O4S/c1-26-20-18(22(29)27(2)23(26)30)21(25-19(24-20)15-7-5-4-6-8-15)32-13-17(28)14-9-11-16(31-3)12-10-14/h9-12,15,18H,4-8,13H2,1-3H3/q+1. The number of imide groups is 1. The van der Waals surface area contributed by atoms with E-state index in [4.69, 9.17) is 9.73 Å². The first-order valence-electron chi connectivity index (χ1n) is 10.8. The minimum absolute atomic E-state index is 0.0651. The third-order valence-corrected chi connectivity index (χ3v) is 7.22. The van der Waals surface area contributed by atoms with Crippen LogP contribution in [-0.2, 0) is 4.79 Å². The van der Waals surface area contributed by atoms with Crippen LogP contribution in [0.5, 0.6) is 5.75 Å². The van der Waals surface area contributed by atoms with Gasteiger partial charge in [0.2, 0.25) is 5.84 Å². The first kappa shape index (κ1) is 22.4. The van der Waals surface area contributed by atoms with Gasteiger partial charge < -0.3 is 4.74 Å². The molecule has 9 heteroatoms. The van der Waals surface area contributed by atoms with Gasteiger partial charge >= 0.3 is 11.9 Å². The van der Waals surface area contributed by atoms with Crippen LogP contribution in [0.15, 0.2) is 34.3 Å². The van der Waals surface area contributed by atoms with E-state index in [2.05, 4.69) is 4.99 Å². The number of amidine groups is 2. The van der Waals surface area contributed by atoms with Crippen LogP contribution in [-0.4, -0.2) is 70.9 Å². The van der Waals surface area contributed by atoms with Gasteiger partial charge in [-0.1, -0.05) is 24.3 Å². The van der Waals surface area contributed by atoms with E-state index in [1.54, 1.807) is 38.4 Å². The molecule has 1 aromatic carbocycles. The van der Waals surface area contributed by atoms with Crippen LogP contribution in [0.1, 0.15) is 42.5 Å². The predicted octanol–water partition coefficient (Wildman–Crippen LogP) is 3.25. The number of methoxy groups -OCH3 is 1. The van der Waals surface area contributed by atoms with Crippen LogP contribution in [0.4, 0.5) is 4.79 Å². The van der Waals surface area contributed by atoms with E-state index in [-0.39, 0.29) is 23.4 Å². The summed E-state index contributed by atoms with van der Waals surface area (Å²) in [5.41, 5.74) is 0.569. The zero-order chi connectivity index (χ0) is 22.8. The number of carbonyl (C=O) groups is 3. The lowest BCUT2D eigenvalue weighted by Gasteiger charge is -2.28. The molecule has 0 radical (unpaired) electrons. The zero-order valence-corrected chi connectivity index (χ0v) is 19.4. The van der Waals surface area contributed by atoms with Gasteiger partial charge in [0.15, 0.2) is 11.7 Å². The summed E-state index contributed by atoms with van der Waals surface area (Å²) in [6.07, 6.45) is 5.43. The molecule has 0 saturated heterocycles. The third-order valence-electron chi connectivity index (χ3n) is 6.19. The Kier molecular flexibility index (Phi) is 6.55. The second kappa shape index (κ2) is 9.36. The number of carbonyl (C=O) groups excluding carboxylic acids is 3. The van der Waals surface area contributed by atoms with Crippen molar-refractivity contribution in [2.45, 2.75) is 32.1 Å². The molecule has 1 unspecified atom stereocenters. The van der Waals surface area contributed by atoms with E-state index >= 15 is 0 Å². The smallest absolute Gasteiger partial charge is 0.445 e. The topological polar surface area (TPSA) is 91.4 Å². The van der Waals surface area contributed by atoms with E-state index in [1.165, 1.54) is 29.8 Å². The Morgan fingerprint density at radius 2 is 1.84 bits per heavy atom. The molecule has 0 N–H and O–H groups in total. The van der Waals surface area contributed by atoms with Gasteiger partial charge in [-0.05, 0) is 37.1 Å². The summed E-state index contributed by atoms with van der Waals surface area (Å²) in [6.45, 7) is 0. The van der Waals surface area contributed by atoms with E-state index in [0.717, 1.165) is 30.6 Å². The molecular formula is C23H27N4O4S+. The molecule has 32 heavy (non-hydrogen) atoms. The summed E-state index contributed by atoms with van der Waals surface area (Å²) in [5, 5.41) is 0.536. The van der Waals surface area contributed by atoms with Crippen molar-refractivity contribution in [3.63, 3.8) is 0 Å². The van der Waals surface area contributed by atoms with Gasteiger partial charge in [-0.3, -0.25) is 9.59 Å². The molecular weight excluding hydrogens is 428 g/mol. The normalized spacial score (nSPS) is 21.8. The van der Waals surface area contributed by atoms with Gasteiger partial charge in [-0.2, -0.15) is 9.48 Å². The number of fused-ring (bicyclic) bond motifs is 1. The zero-order valence-electron chi connectivity index (χ0n) is 18.5. The molecule has 0 bridgehead atoms. The van der Waals surface area contributed by atoms with Gasteiger partial charge in [0.25, 0.3) is 5.84 Å². The van der Waals surface area contributed by atoms with Gasteiger partial charge in [0.05, 0.1) is 27.0 Å². The molecule has 3 amide bonds. The number of amides is 3. The summed E-state index contributed by atoms with van der Waals surface area (Å²) in [5.74, 6) is 0.929. The number of hydrogen-bond acceptors (Lipinski definition) is 7. The lowest BCUT2D eigenvalue weighted by Crippen LogP contribution is -2.55. The van der Waals surface area contributed by atoms with E-state index < -0.39 is 11.9 Å². The summed E-state index contributed by atoms with van der Waals surface area (Å²) in [7, 11) is 4.67. The van der Waals surface area contributed by atoms with Crippen molar-refractivity contribution in [3.05, 3.63) is 29.8 Å². The highest BCUT2D eigenvalue weighted by Gasteiger charge is 2.49. The number of ketones is 1. The van der Waals surface area contributed by atoms with E-state index in [9.17, 15) is 14.4 Å². The average Bonchev–Trinajstić information content (AvgIpc) is 2.84. The van der Waals surface area contributed by atoms with Crippen LogP contribution in [0.25, 0.3) is 0 Å². The molecule has 4 rings (SSSR count). The fraction of sp³-hybridized carbons (Fsp3) is 0.478. The molecule has 1 aliphatic carbocycles. The highest BCUT2D eigenvalue weighted by molar-refractivity contribution is 8.14. The monoisotopic (exact) mass is 455 g/mol. The molecule has 8 nitrogen and oxygen atoms in total. The largest absolute Gasteiger partial charge is 0.497 e. The fourth-order valence-electron chi connectivity index (χ4n) is 4.25. The van der Waals surface area contributed by atoms with Gasteiger partial charge in [-0.15, -0.1) is 11.8 Å². The lowest BCUT2D eigenvalue weighted by atomic mass is 9.88. The Labute approximate surface area is 191 Å². The Balaban J connectivity index is 1.62. The number of aliphatic imine (C=N–C) groups is 2. The van der Waals surface area contributed by atoms with Gasteiger partial charge in [0, 0.05) is 11.5 Å². The van der Waals surface area contributed by atoms with Crippen LogP contribution in [0.2, 0.25) is 0 Å². The molecule has 0 spiro atoms. The number of hydrogen-bond donors (Lipinski definition) is 0. The maximum absolute atomic E-state index is 13.0. The van der Waals surface area contributed by atoms with Crippen molar-refractivity contribution in [1.82, 2.24) is 4.90 Å². The molecule has 1 saturated carbocycles. The predicted molar refractivity (Wildman–Crippen MR) is 124 cm³/mol. The highest BCUT2D eigenvalue weighted by atomic mass is 32.2. The average molecular weight is 456 g/mol. The van der Waals surface area contributed by atoms with Crippen molar-refractivity contribution in [1.29, 1.82) is 0 Å². The maximum atomic E-state index is 13.0. The first-order chi connectivity index (χ1) is 15.4. The number of thioether (sulfide) groups is 1. The van der Waals surface area contributed by atoms with Gasteiger partial charge in [-0.25, -0.2) is 9.79 Å². The number of Topliss-reactive ketones (excluding diaryl/α,β-unsaturated/α-hetero) is 1. The van der Waals surface area contributed by atoms with Crippen molar-refractivity contribution in [2.24, 2.45) is 21.8 Å². The van der Waals surface area contributed by atoms with Crippen molar-refractivity contribution < 1.29 is 23.7 Å². The highest BCUT2D eigenvalue weighted by Crippen LogP contribution is 2.31. The van der Waals surface area contributed by atoms with E-state index in [0.29, 0.717) is 28.0 Å². The molecule has 2 aliphatic heterocycles. The molecule has 1 fully saturated rings. The van der Waals surface area contributed by atoms with Crippen molar-refractivity contribution in [2.75, 3.05) is 27.0 Å². The Morgan fingerprint density at radius 3 is 2.50 bits per heavy atom. The minimum Gasteiger partial charge on any atom is -0.497 e. The fourth-order valence-corrected chi connectivity index (χ4v) is 5.23. The maximum Gasteiger partial charge on any atom is 0.445 e. The van der Waals surface area contributed by atoms with Crippen LogP contribution < -0.4 is 4.74 Å². The lowest BCUT2D eigenvalue weighted by molar-refractivity contribution is -0.407. The molecule has 2 heterocycles. The number of benzene rings is 1. The molecule has 1 atom stereocenters. The third kappa shape index (κ3) is 4.26. The number of ether oxygens (including phenoxy) is 1. The summed E-state index contributed by atoms with van der Waals surface area (Å²) in [4.78, 5) is 48.8. The molecule has 168 valence electrons. The summed E-state index contributed by atoms with van der Waals surface area (Å²) < 4.78 is 6.57. The number of rotatable bonds is 5. The second-order valence-corrected chi connectivity index (χ2v) is 9.22. The first-order valence-corrected chi connectivity index (χ1v) is 11.8. The quantitative estimate of drug-likeness (QED) is 0.502. The second-order valence-electron chi connectivity index (χ2n) is 8.23. The van der Waals surface area contributed by atoms with Gasteiger partial charge in [0.1, 0.15) is 10.8 Å². The number of urea groups is 1. The van der Waals surface area contributed by atoms with Crippen molar-refractivity contribution in [3.8, 4) is 5.75 Å². The van der Waals surface area contributed by atoms with Crippen LogP contribution >= 0.6 is 11.8 Å². The molecule has 3 aliphatic rings. The molecule has 0 aromatic heterocycles. The Bertz CT molecular complexity index is 1040. The summed E-state index contributed by atoms with van der Waals surface area (Å²) in [6, 6.07) is 6.53. The van der Waals surface area contributed by atoms with E-state index in [1.807, 2.05) is 0 Å². The van der Waals surface area contributed by atoms with Crippen LogP contribution in [0.3, 0.4) is 0 Å². The molecule has 1 aromatic rings. The summed E-state index contributed by atoms with van der Waals surface area (Å²) >= 11 is 1.25. The number of nitrogens with zero attached hydrogens (tertiary/aromatic N) is 4. The minimum atomic E-state index is -0.760. The Morgan fingerprint density at radius 1 is 1.16 bits per heavy atom. The van der Waals surface area contributed by atoms with Crippen LogP contribution in [0, 0.1) is 11.8 Å². The van der Waals surface area contributed by atoms with Crippen molar-refractivity contribution >= 4 is 46.2 Å². The SMILES string of the molecule is COc1ccc(C(=O)CSC2=NC(C3CCCCC3)=NC3=[N+](C)C(=O)N(C)C(=O)C23)cc1.